The van der Waals surface area contributed by atoms with Gasteiger partial charge in [-0.1, -0.05) is 20.8 Å². The van der Waals surface area contributed by atoms with Crippen molar-refractivity contribution in [1.29, 1.82) is 0 Å². The predicted molar refractivity (Wildman–Crippen MR) is 194 cm³/mol. The van der Waals surface area contributed by atoms with Crippen molar-refractivity contribution in [2.24, 2.45) is 0 Å². The van der Waals surface area contributed by atoms with Gasteiger partial charge >= 0.3 is 80.0 Å². The Kier molecular flexibility index (Phi) is 104. The minimum absolute atomic E-state index is 0. The van der Waals surface area contributed by atoms with E-state index in [1.54, 1.807) is 11.9 Å². The van der Waals surface area contributed by atoms with E-state index in [4.69, 9.17) is 6.57 Å². The second kappa shape index (κ2) is 62.6. The van der Waals surface area contributed by atoms with Gasteiger partial charge < -0.3 is 32.0 Å². The average molecular weight is 1200 g/mol. The topological polar surface area (TPSA) is 122 Å². The Morgan fingerprint density at radius 1 is 0.917 bits per heavy atom. The Morgan fingerprint density at radius 2 is 1.28 bits per heavy atom. The van der Waals surface area contributed by atoms with Gasteiger partial charge in [0.05, 0.1) is 5.97 Å². The molecule has 0 rings (SSSR count). The second-order valence-corrected chi connectivity index (χ2v) is 22.9. The molecule has 0 amide bonds. The van der Waals surface area contributed by atoms with E-state index in [0.29, 0.717) is 19.9 Å². The van der Waals surface area contributed by atoms with Crippen LogP contribution in [0.3, 0.4) is 0 Å². The summed E-state index contributed by atoms with van der Waals surface area (Å²) < 4.78 is 0. The fourth-order valence-corrected chi connectivity index (χ4v) is 1.88. The fraction of sp³-hybridized carbons (Fsp3) is 0.900. The molecule has 0 saturated heterocycles. The van der Waals surface area contributed by atoms with E-state index >= 15 is 0 Å². The van der Waals surface area contributed by atoms with Crippen LogP contribution in [0.2, 0.25) is 0 Å². The number of nitrogens with one attached hydrogen (secondary N) is 3. The molecular formula is C20H49I6N7NaO2-. The minimum Gasteiger partial charge on any atom is -0.344 e. The first-order valence-corrected chi connectivity index (χ1v) is 29.6. The van der Waals surface area contributed by atoms with Gasteiger partial charge in [0.25, 0.3) is 6.67 Å². The molecule has 0 unspecified atom stereocenters. The van der Waals surface area contributed by atoms with E-state index in [9.17, 15) is 9.90 Å². The normalized spacial score (nSPS) is 8.53. The van der Waals surface area contributed by atoms with E-state index < -0.39 is 5.97 Å². The molecule has 0 saturated carbocycles. The van der Waals surface area contributed by atoms with Crippen LogP contribution in [0.4, 0.5) is 0 Å². The third-order valence-electron chi connectivity index (χ3n) is 3.41. The van der Waals surface area contributed by atoms with Gasteiger partial charge in [-0.2, -0.15) is 0 Å². The predicted octanol–water partition coefficient (Wildman–Crippen LogP) is -1.59. The third kappa shape index (κ3) is 83.2. The van der Waals surface area contributed by atoms with Crippen molar-refractivity contribution in [2.75, 3.05) is 80.2 Å². The van der Waals surface area contributed by atoms with Crippen LogP contribution >= 0.6 is 98.4 Å². The number of rotatable bonds is 15. The van der Waals surface area contributed by atoms with Gasteiger partial charge in [0.15, 0.2) is 0 Å². The molecule has 0 aliphatic heterocycles. The Morgan fingerprint density at radius 3 is 1.53 bits per heavy atom. The van der Waals surface area contributed by atoms with Crippen LogP contribution in [0.25, 0.3) is 4.85 Å². The zero-order valence-corrected chi connectivity index (χ0v) is 38.3. The number of aliphatic carboxylic acids is 1. The maximum atomic E-state index is 10.1. The van der Waals surface area contributed by atoms with Crippen molar-refractivity contribution in [3.8, 4) is 0 Å². The van der Waals surface area contributed by atoms with Crippen molar-refractivity contribution in [3.63, 3.8) is 0 Å². The van der Waals surface area contributed by atoms with Gasteiger partial charge in [-0.15, -0.1) is 24.0 Å². The summed E-state index contributed by atoms with van der Waals surface area (Å²) >= 11 is 9.54. The fourth-order valence-electron chi connectivity index (χ4n) is 1.88. The molecule has 0 aliphatic carbocycles. The van der Waals surface area contributed by atoms with Gasteiger partial charge in [-0.3, -0.25) is 9.74 Å². The molecule has 0 bridgehead atoms. The first-order valence-electron chi connectivity index (χ1n) is 10.8. The smallest absolute Gasteiger partial charge is 0.344 e. The maximum Gasteiger partial charge on any atom is 1.00 e. The molecule has 0 radical (unpaired) electrons. The number of carbonyl (C=O) groups excluding carboxylic acids is 1. The molecule has 0 aromatic heterocycles. The van der Waals surface area contributed by atoms with Gasteiger partial charge in [0.1, 0.15) is 0 Å². The van der Waals surface area contributed by atoms with Crippen LogP contribution in [-0.4, -0.2) is 95.9 Å². The van der Waals surface area contributed by atoms with E-state index in [-0.39, 0.29) is 66.2 Å². The number of carboxylic acid groups (broad SMARTS) is 1. The molecule has 0 aromatic carbocycles. The van der Waals surface area contributed by atoms with Gasteiger partial charge in [-0.25, -0.2) is 11.5 Å². The molecule has 0 heterocycles. The molecule has 0 aliphatic rings. The van der Waals surface area contributed by atoms with Crippen molar-refractivity contribution in [1.82, 2.24) is 31.9 Å². The monoisotopic (exact) mass is 1200 g/mol. The summed E-state index contributed by atoms with van der Waals surface area (Å²) in [5, 5.41) is 19.6. The Balaban J connectivity index is -0.0000000503. The average Bonchev–Trinajstić information content (AvgIpc) is 2.77. The van der Waals surface area contributed by atoms with Gasteiger partial charge in [0, 0.05) is 70.0 Å². The van der Waals surface area contributed by atoms with Crippen molar-refractivity contribution in [2.45, 2.75) is 40.0 Å². The van der Waals surface area contributed by atoms with Crippen molar-refractivity contribution < 1.29 is 52.7 Å². The number of hydrogen-bond donors (Lipinski definition) is 4. The summed E-state index contributed by atoms with van der Waals surface area (Å²) in [6.07, 6.45) is 3.51. The third-order valence-corrected chi connectivity index (χ3v) is 3.41. The summed E-state index contributed by atoms with van der Waals surface area (Å²) in [5.74, 6) is -1.02. The van der Waals surface area contributed by atoms with Crippen LogP contribution in [0.5, 0.6) is 0 Å². The zero-order valence-electron chi connectivity index (χ0n) is 23.1. The summed E-state index contributed by atoms with van der Waals surface area (Å²) in [4.78, 5) is 17.1. The summed E-state index contributed by atoms with van der Waals surface area (Å²) in [6.45, 7) is 20.2. The molecule has 6 N–H and O–H groups in total. The molecule has 16 heteroatoms. The maximum absolute atomic E-state index is 10.1. The number of nitrogens with zero attached hydrogens (tertiary/aromatic N) is 3. The molecule has 0 fully saturated rings. The molecule has 0 aromatic rings. The molecule has 0 spiro atoms. The largest absolute Gasteiger partial charge is 1.00 e. The van der Waals surface area contributed by atoms with Crippen LogP contribution < -0.4 is 70.0 Å². The molecule has 9 nitrogen and oxygen atoms in total. The zero-order chi connectivity index (χ0) is 26.8. The van der Waals surface area contributed by atoms with Crippen LogP contribution in [-0.2, 0) is 4.79 Å². The molecular weight excluding hydrogens is 1150 g/mol. The number of likely N-dealkylation sites (N-methyl/N-ethyl adjacent to an activating group) is 2. The van der Waals surface area contributed by atoms with Crippen molar-refractivity contribution in [3.05, 3.63) is 11.4 Å². The summed E-state index contributed by atoms with van der Waals surface area (Å²) in [7, 11) is 5.69. The molecule has 220 valence electrons. The standard InChI is InChI=1S/C8H17N3.C8H18N2O2.C4H11N.I3.I2.HI.H3N.Na/c1-4-5-10-6-7-11(3)8-9-2;1-3-4-9-5-6-10(2)7-8(11)12;1-3-4-5-2;1-3-2;1-2;;;/h10H,4-8H2,1,3H3;9H,3-7H2,1-2H3,(H,11,12);5H,3-4H2,1-2H3;;;1H;1H3;/q;;;-1;;;;+1/p-1. The second-order valence-electron chi connectivity index (χ2n) is 6.65. The molecule has 0 atom stereocenters. The molecule has 36 heavy (non-hydrogen) atoms. The number of carbonyl (C=O) groups is 1. The van der Waals surface area contributed by atoms with Crippen LogP contribution in [0.15, 0.2) is 0 Å². The summed E-state index contributed by atoms with van der Waals surface area (Å²) in [5.41, 5.74) is 0. The summed E-state index contributed by atoms with van der Waals surface area (Å²) in [6, 6.07) is 0. The van der Waals surface area contributed by atoms with Crippen LogP contribution in [0.1, 0.15) is 40.0 Å². The van der Waals surface area contributed by atoms with Crippen molar-refractivity contribution >= 4 is 104 Å². The first-order chi connectivity index (χ1) is 15.8. The van der Waals surface area contributed by atoms with E-state index in [1.165, 1.54) is 12.8 Å². The van der Waals surface area contributed by atoms with E-state index in [0.717, 1.165) is 52.2 Å². The van der Waals surface area contributed by atoms with E-state index in [1.807, 2.05) is 19.0 Å². The SMILES string of the molecule is CCCNC.CCCNCCN(C)CC(=O)[O-].I.II.I[I-]I.N.[C-]#[N+]CN(C)CCNCCC.[Na+]. The minimum atomic E-state index is -1.02. The quantitative estimate of drug-likeness (QED) is 0.0672. The Bertz CT molecular complexity index is 393. The van der Waals surface area contributed by atoms with Gasteiger partial charge in [0.2, 0.25) is 0 Å². The van der Waals surface area contributed by atoms with Gasteiger partial charge in [-0.05, 0) is 60.0 Å². The van der Waals surface area contributed by atoms with E-state index in [2.05, 4.69) is 116 Å². The van der Waals surface area contributed by atoms with Crippen LogP contribution in [0, 0.1) is 6.57 Å². The first kappa shape index (κ1) is 59.5. The number of carboxylic acids is 1. The Hall–Kier alpha value is 4.10. The number of hydrogen-bond acceptors (Lipinski definition) is 8. The Labute approximate surface area is 315 Å². The number of halogens is 6.